The summed E-state index contributed by atoms with van der Waals surface area (Å²) in [6.07, 6.45) is 0. The summed E-state index contributed by atoms with van der Waals surface area (Å²) < 4.78 is 0. The molecule has 0 bridgehead atoms. The van der Waals surface area contributed by atoms with E-state index in [2.05, 4.69) is 0 Å². The number of rotatable bonds is 0. The summed E-state index contributed by atoms with van der Waals surface area (Å²) in [6.45, 7) is 3.06. The number of carbonyl (C=O) groups excluding carboxylic acids is 1. The van der Waals surface area contributed by atoms with Crippen molar-refractivity contribution in [3.63, 3.8) is 0 Å². The van der Waals surface area contributed by atoms with Gasteiger partial charge in [-0.1, -0.05) is 0 Å². The van der Waals surface area contributed by atoms with E-state index in [-0.39, 0.29) is 14.2 Å². The number of hydrogen-bond donors (Lipinski definition) is 0. The minimum absolute atomic E-state index is 0. The van der Waals surface area contributed by atoms with Crippen LogP contribution in [0.1, 0.15) is 13.8 Å². The zero-order valence-corrected chi connectivity index (χ0v) is 2.91. The predicted octanol–water partition coefficient (Wildman–Crippen LogP) is -0.589. The predicted molar refractivity (Wildman–Crippen MR) is 26.3 cm³/mol. The highest BCUT2D eigenvalue weighted by Gasteiger charge is 1.62. The summed E-state index contributed by atoms with van der Waals surface area (Å²) in [7, 11) is 0. The largest absolute Gasteiger partial charge is 0.300 e. The van der Waals surface area contributed by atoms with Gasteiger partial charge in [0.15, 0.2) is 0 Å². The van der Waals surface area contributed by atoms with Crippen LogP contribution in [0.2, 0.25) is 0 Å². The molecule has 0 unspecified atom stereocenters. The van der Waals surface area contributed by atoms with Crippen LogP contribution in [0.15, 0.2) is 0 Å². The van der Waals surface area contributed by atoms with Crippen molar-refractivity contribution < 1.29 is 4.79 Å². The summed E-state index contributed by atoms with van der Waals surface area (Å²) in [5, 5.41) is 0. The first kappa shape index (κ1) is 8.83. The fourth-order valence-electron chi connectivity index (χ4n) is 0. The van der Waals surface area contributed by atoms with Gasteiger partial charge < -0.3 is 4.79 Å². The molecule has 5 heavy (non-hydrogen) atoms. The van der Waals surface area contributed by atoms with Crippen LogP contribution in [0.3, 0.4) is 0 Å². The van der Waals surface area contributed by atoms with Gasteiger partial charge in [0.2, 0.25) is 0 Å². The second kappa shape index (κ2) is 3.73. The van der Waals surface area contributed by atoms with Gasteiger partial charge in [0.1, 0.15) is 5.78 Å². The lowest BCUT2D eigenvalue weighted by molar-refractivity contribution is -0.114. The Labute approximate surface area is 34.0 Å². The van der Waals surface area contributed by atoms with Crippen molar-refractivity contribution in [1.29, 1.82) is 0 Å². The zero-order valence-electron chi connectivity index (χ0n) is 2.91. The van der Waals surface area contributed by atoms with E-state index in [9.17, 15) is 4.79 Å². The molecule has 0 spiro atoms. The first-order valence-corrected chi connectivity index (χ1v) is 1.20. The van der Waals surface area contributed by atoms with E-state index in [1.807, 2.05) is 0 Å². The van der Waals surface area contributed by atoms with E-state index < -0.39 is 0 Å². The van der Waals surface area contributed by atoms with Crippen molar-refractivity contribution in [2.24, 2.45) is 0 Å². The van der Waals surface area contributed by atoms with Gasteiger partial charge in [0.05, 0.1) is 8.41 Å². The smallest absolute Gasteiger partial charge is 0.126 e. The average molecular weight is 71.9 g/mol. The van der Waals surface area contributed by atoms with Gasteiger partial charge in [-0.15, -0.1) is 0 Å². The molecule has 0 saturated heterocycles. The lowest BCUT2D eigenvalue weighted by atomic mass is 10.6. The van der Waals surface area contributed by atoms with Crippen LogP contribution in [0.25, 0.3) is 0 Å². The van der Waals surface area contributed by atoms with E-state index >= 15 is 0 Å². The molecular weight excluding hydrogens is 62.8 g/mol. The molecule has 0 aliphatic heterocycles. The third kappa shape index (κ3) is 160. The van der Waals surface area contributed by atoms with Crippen molar-refractivity contribution in [2.75, 3.05) is 0 Å². The average Bonchev–Trinajstić information content (AvgIpc) is 0.811. The fraction of sp³-hybridized carbons (Fsp3) is 0.667. The van der Waals surface area contributed by atoms with E-state index in [0.717, 1.165) is 0 Å². The van der Waals surface area contributed by atoms with Gasteiger partial charge in [-0.3, -0.25) is 0 Å². The highest BCUT2D eigenvalue weighted by atomic mass is 16.1. The summed E-state index contributed by atoms with van der Waals surface area (Å²) in [5.41, 5.74) is 0. The second-order valence-corrected chi connectivity index (χ2v) is 0.908. The molecule has 0 aromatic heterocycles. The molecule has 1 nitrogen and oxygen atoms in total. The summed E-state index contributed by atoms with van der Waals surface area (Å²) in [4.78, 5) is 9.44. The molecular formula is C3H9BO. The van der Waals surface area contributed by atoms with Crippen molar-refractivity contribution in [3.05, 3.63) is 0 Å². The Morgan fingerprint density at radius 3 is 1.40 bits per heavy atom. The van der Waals surface area contributed by atoms with Gasteiger partial charge in [-0.25, -0.2) is 0 Å². The third-order valence-electron chi connectivity index (χ3n) is 0. The molecule has 0 heterocycles. The Morgan fingerprint density at radius 1 is 1.40 bits per heavy atom. The lowest BCUT2D eigenvalue weighted by Crippen LogP contribution is -1.69. The SMILES string of the molecule is B.CC(C)=O. The molecule has 30 valence electrons. The van der Waals surface area contributed by atoms with Crippen LogP contribution >= 0.6 is 0 Å². The first-order valence-electron chi connectivity index (χ1n) is 1.20. The van der Waals surface area contributed by atoms with E-state index in [4.69, 9.17) is 0 Å². The Kier molecular flexibility index (Phi) is 6.60. The van der Waals surface area contributed by atoms with E-state index in [1.54, 1.807) is 0 Å². The van der Waals surface area contributed by atoms with Crippen LogP contribution in [-0.2, 0) is 4.79 Å². The topological polar surface area (TPSA) is 17.1 Å². The van der Waals surface area contributed by atoms with Gasteiger partial charge in [-0.05, 0) is 13.8 Å². The highest BCUT2D eigenvalue weighted by Crippen LogP contribution is 1.50. The maximum Gasteiger partial charge on any atom is 0.126 e. The van der Waals surface area contributed by atoms with Gasteiger partial charge in [0, 0.05) is 0 Å². The Hall–Kier alpha value is -0.265. The molecule has 0 rings (SSSR count). The van der Waals surface area contributed by atoms with Crippen molar-refractivity contribution in [3.8, 4) is 0 Å². The molecule has 0 saturated carbocycles. The monoisotopic (exact) mass is 72.1 g/mol. The fourth-order valence-corrected chi connectivity index (χ4v) is 0. The van der Waals surface area contributed by atoms with Crippen molar-refractivity contribution >= 4 is 14.2 Å². The summed E-state index contributed by atoms with van der Waals surface area (Å²) >= 11 is 0. The van der Waals surface area contributed by atoms with Gasteiger partial charge in [-0.2, -0.15) is 0 Å². The molecule has 0 N–H and O–H groups in total. The lowest BCUT2D eigenvalue weighted by Gasteiger charge is -1.56. The molecule has 0 radical (unpaired) electrons. The number of ketones is 1. The van der Waals surface area contributed by atoms with Crippen molar-refractivity contribution in [1.82, 2.24) is 0 Å². The molecule has 0 aromatic carbocycles. The minimum atomic E-state index is 0. The van der Waals surface area contributed by atoms with Crippen LogP contribution < -0.4 is 0 Å². The quantitative estimate of drug-likeness (QED) is 0.349. The highest BCUT2D eigenvalue weighted by molar-refractivity contribution is 5.75. The second-order valence-electron chi connectivity index (χ2n) is 0.908. The molecule has 0 aromatic rings. The standard InChI is InChI=1S/C3H6O.BH3/c1-3(2)4;/h1-2H3;1H3. The van der Waals surface area contributed by atoms with E-state index in [0.29, 0.717) is 0 Å². The zero-order chi connectivity index (χ0) is 3.58. The first-order chi connectivity index (χ1) is 1.73. The number of hydrogen-bond acceptors (Lipinski definition) is 1. The van der Waals surface area contributed by atoms with Gasteiger partial charge >= 0.3 is 0 Å². The van der Waals surface area contributed by atoms with Crippen LogP contribution in [0, 0.1) is 0 Å². The molecule has 0 aliphatic rings. The maximum absolute atomic E-state index is 9.44. The normalized spacial score (nSPS) is 5.20. The summed E-state index contributed by atoms with van der Waals surface area (Å²) in [5.74, 6) is 0.167. The Bertz CT molecular complexity index is 29.9. The number of carbonyl (C=O) groups is 1. The molecule has 0 amide bonds. The minimum Gasteiger partial charge on any atom is -0.300 e. The van der Waals surface area contributed by atoms with E-state index in [1.165, 1.54) is 13.8 Å². The summed E-state index contributed by atoms with van der Waals surface area (Å²) in [6, 6.07) is 0. The van der Waals surface area contributed by atoms with Crippen molar-refractivity contribution in [2.45, 2.75) is 13.8 Å². The molecule has 0 aliphatic carbocycles. The Morgan fingerprint density at radius 2 is 1.40 bits per heavy atom. The maximum atomic E-state index is 9.44. The molecule has 2 heteroatoms. The van der Waals surface area contributed by atoms with Gasteiger partial charge in [0.25, 0.3) is 0 Å². The van der Waals surface area contributed by atoms with Crippen LogP contribution in [-0.4, -0.2) is 14.2 Å². The molecule has 0 fully saturated rings. The van der Waals surface area contributed by atoms with Crippen LogP contribution in [0.4, 0.5) is 0 Å². The molecule has 0 atom stereocenters. The van der Waals surface area contributed by atoms with Crippen LogP contribution in [0.5, 0.6) is 0 Å². The number of Topliss-reactive ketones (excluding diaryl/α,β-unsaturated/α-hetero) is 1. The Balaban J connectivity index is 0. The third-order valence-corrected chi connectivity index (χ3v) is 0.